The number of methoxy groups -OCH3 is 1. The van der Waals surface area contributed by atoms with Gasteiger partial charge in [-0.05, 0) is 17.7 Å². The molecule has 0 aliphatic heterocycles. The average molecular weight is 359 g/mol. The molecule has 1 aromatic heterocycles. The third kappa shape index (κ3) is 4.89. The minimum atomic E-state index is 0.728. The van der Waals surface area contributed by atoms with Crippen molar-refractivity contribution < 1.29 is 4.74 Å². The van der Waals surface area contributed by atoms with E-state index in [-0.39, 0.29) is 0 Å². The monoisotopic (exact) mass is 358 g/mol. The molecule has 0 saturated carbocycles. The molecular formula is C13H15BrN2OS2. The third-order valence-corrected chi connectivity index (χ3v) is 4.91. The van der Waals surface area contributed by atoms with Crippen LogP contribution in [-0.2, 0) is 11.3 Å². The van der Waals surface area contributed by atoms with Crippen LogP contribution in [0, 0.1) is 0 Å². The highest BCUT2D eigenvalue weighted by atomic mass is 79.9. The van der Waals surface area contributed by atoms with Crippen LogP contribution < -0.4 is 5.32 Å². The molecule has 0 bridgehead atoms. The Bertz CT molecular complexity index is 505. The zero-order chi connectivity index (χ0) is 13.5. The molecule has 0 aliphatic carbocycles. The van der Waals surface area contributed by atoms with Crippen LogP contribution in [0.5, 0.6) is 0 Å². The molecule has 3 nitrogen and oxygen atoms in total. The summed E-state index contributed by atoms with van der Waals surface area (Å²) in [6.45, 7) is 2.42. The topological polar surface area (TPSA) is 34.1 Å². The minimum absolute atomic E-state index is 0.728. The Balaban J connectivity index is 2.04. The molecule has 0 radical (unpaired) electrons. The van der Waals surface area contributed by atoms with Gasteiger partial charge in [-0.2, -0.15) is 0 Å². The Hall–Kier alpha value is -0.400. The number of nitrogens with one attached hydrogen (secondary N) is 1. The van der Waals surface area contributed by atoms with E-state index in [0.717, 1.165) is 28.5 Å². The molecule has 2 rings (SSSR count). The van der Waals surface area contributed by atoms with E-state index in [0.29, 0.717) is 0 Å². The molecular weight excluding hydrogens is 344 g/mol. The number of hydrogen-bond acceptors (Lipinski definition) is 5. The van der Waals surface area contributed by atoms with E-state index in [1.807, 2.05) is 11.6 Å². The van der Waals surface area contributed by atoms with Crippen LogP contribution in [0.2, 0.25) is 0 Å². The van der Waals surface area contributed by atoms with Crippen molar-refractivity contribution in [3.63, 3.8) is 0 Å². The summed E-state index contributed by atoms with van der Waals surface area (Å²) in [5.41, 5.74) is 1.28. The van der Waals surface area contributed by atoms with Crippen LogP contribution in [0.3, 0.4) is 0 Å². The fourth-order valence-corrected chi connectivity index (χ4v) is 3.78. The van der Waals surface area contributed by atoms with Crippen molar-refractivity contribution in [1.29, 1.82) is 0 Å². The second-order valence-corrected chi connectivity index (χ2v) is 6.92. The summed E-state index contributed by atoms with van der Waals surface area (Å²) in [6.07, 6.45) is 1.83. The first kappa shape index (κ1) is 15.0. The molecule has 0 amide bonds. The molecule has 19 heavy (non-hydrogen) atoms. The van der Waals surface area contributed by atoms with Gasteiger partial charge in [0.15, 0.2) is 4.34 Å². The van der Waals surface area contributed by atoms with E-state index < -0.39 is 0 Å². The molecule has 1 aromatic carbocycles. The summed E-state index contributed by atoms with van der Waals surface area (Å²) in [7, 11) is 1.71. The van der Waals surface area contributed by atoms with E-state index in [1.165, 1.54) is 10.5 Å². The van der Waals surface area contributed by atoms with Gasteiger partial charge < -0.3 is 10.1 Å². The first-order valence-electron chi connectivity index (χ1n) is 5.85. The van der Waals surface area contributed by atoms with Gasteiger partial charge in [-0.15, -0.1) is 11.3 Å². The number of aromatic nitrogens is 1. The molecule has 0 unspecified atom stereocenters. The molecule has 102 valence electrons. The molecule has 6 heteroatoms. The number of halogens is 1. The minimum Gasteiger partial charge on any atom is -0.383 e. The summed E-state index contributed by atoms with van der Waals surface area (Å²) in [5, 5.41) is 5.37. The molecule has 1 heterocycles. The summed E-state index contributed by atoms with van der Waals surface area (Å²) in [4.78, 5) is 5.55. The van der Waals surface area contributed by atoms with Crippen LogP contribution in [0.4, 0.5) is 0 Å². The number of nitrogens with zero attached hydrogens (tertiary/aromatic N) is 1. The Morgan fingerprint density at radius 2 is 2.37 bits per heavy atom. The molecule has 0 fully saturated rings. The Labute approximate surface area is 129 Å². The largest absolute Gasteiger partial charge is 0.383 e. The second kappa shape index (κ2) is 8.01. The maximum atomic E-state index is 5.03. The van der Waals surface area contributed by atoms with Crippen molar-refractivity contribution >= 4 is 39.0 Å². The molecule has 0 aliphatic rings. The van der Waals surface area contributed by atoms with E-state index in [2.05, 4.69) is 44.4 Å². The highest BCUT2D eigenvalue weighted by Crippen LogP contribution is 2.33. The molecule has 1 N–H and O–H groups in total. The second-order valence-electron chi connectivity index (χ2n) is 3.82. The number of benzene rings is 1. The first-order chi connectivity index (χ1) is 9.29. The lowest BCUT2D eigenvalue weighted by Gasteiger charge is -2.09. The van der Waals surface area contributed by atoms with Crippen LogP contribution in [0.15, 0.2) is 43.5 Å². The van der Waals surface area contributed by atoms with Crippen molar-refractivity contribution in [1.82, 2.24) is 10.3 Å². The highest BCUT2D eigenvalue weighted by molar-refractivity contribution is 9.10. The van der Waals surface area contributed by atoms with Gasteiger partial charge in [0, 0.05) is 41.1 Å². The zero-order valence-corrected chi connectivity index (χ0v) is 13.8. The Kier molecular flexibility index (Phi) is 6.33. The average Bonchev–Trinajstić information content (AvgIpc) is 2.90. The fourth-order valence-electron chi connectivity index (χ4n) is 1.52. The Morgan fingerprint density at radius 1 is 1.47 bits per heavy atom. The van der Waals surface area contributed by atoms with E-state index in [4.69, 9.17) is 4.74 Å². The van der Waals surface area contributed by atoms with Gasteiger partial charge in [0.05, 0.1) is 6.61 Å². The van der Waals surface area contributed by atoms with Gasteiger partial charge in [-0.25, -0.2) is 4.98 Å². The van der Waals surface area contributed by atoms with Crippen LogP contribution in [0.25, 0.3) is 0 Å². The summed E-state index contributed by atoms with van der Waals surface area (Å²) in [5.74, 6) is 0. The van der Waals surface area contributed by atoms with Crippen LogP contribution in [-0.4, -0.2) is 25.2 Å². The fraction of sp³-hybridized carbons (Fsp3) is 0.308. The predicted molar refractivity (Wildman–Crippen MR) is 84.0 cm³/mol. The predicted octanol–water partition coefficient (Wildman–Crippen LogP) is 3.79. The summed E-state index contributed by atoms with van der Waals surface area (Å²) < 4.78 is 7.19. The van der Waals surface area contributed by atoms with Crippen LogP contribution >= 0.6 is 39.0 Å². The van der Waals surface area contributed by atoms with Gasteiger partial charge >= 0.3 is 0 Å². The van der Waals surface area contributed by atoms with E-state index in [1.54, 1.807) is 30.2 Å². The van der Waals surface area contributed by atoms with Gasteiger partial charge in [0.1, 0.15) is 0 Å². The lowest BCUT2D eigenvalue weighted by atomic mass is 10.2. The number of hydrogen-bond donors (Lipinski definition) is 1. The smallest absolute Gasteiger partial charge is 0.154 e. The van der Waals surface area contributed by atoms with Crippen molar-refractivity contribution in [2.45, 2.75) is 15.8 Å². The van der Waals surface area contributed by atoms with Gasteiger partial charge in [-0.1, -0.05) is 33.8 Å². The van der Waals surface area contributed by atoms with E-state index in [9.17, 15) is 0 Å². The van der Waals surface area contributed by atoms with Gasteiger partial charge in [-0.3, -0.25) is 0 Å². The molecule has 2 aromatic rings. The SMILES string of the molecule is COCCNCc1ccc(Br)cc1Sc1nccs1. The summed E-state index contributed by atoms with van der Waals surface area (Å²) in [6, 6.07) is 6.35. The van der Waals surface area contributed by atoms with Crippen molar-refractivity contribution in [3.05, 3.63) is 39.8 Å². The number of ether oxygens (including phenoxy) is 1. The standard InChI is InChI=1S/C13H15BrN2OS2/c1-17-6-4-15-9-10-2-3-11(14)8-12(10)19-13-16-5-7-18-13/h2-3,5,7-8,15H,4,6,9H2,1H3. The van der Waals surface area contributed by atoms with Gasteiger partial charge in [0.25, 0.3) is 0 Å². The number of rotatable bonds is 7. The van der Waals surface area contributed by atoms with Crippen LogP contribution in [0.1, 0.15) is 5.56 Å². The quantitative estimate of drug-likeness (QED) is 0.763. The molecule has 0 spiro atoms. The maximum absolute atomic E-state index is 5.03. The Morgan fingerprint density at radius 3 is 3.11 bits per heavy atom. The number of thiazole rings is 1. The zero-order valence-electron chi connectivity index (χ0n) is 10.6. The maximum Gasteiger partial charge on any atom is 0.154 e. The van der Waals surface area contributed by atoms with Crippen molar-refractivity contribution in [3.8, 4) is 0 Å². The molecule has 0 atom stereocenters. The lowest BCUT2D eigenvalue weighted by Crippen LogP contribution is -2.18. The summed E-state index contributed by atoms with van der Waals surface area (Å²) >= 11 is 6.89. The molecule has 0 saturated heterocycles. The van der Waals surface area contributed by atoms with Crippen molar-refractivity contribution in [2.24, 2.45) is 0 Å². The highest BCUT2D eigenvalue weighted by Gasteiger charge is 2.07. The normalized spacial score (nSPS) is 10.8. The lowest BCUT2D eigenvalue weighted by molar-refractivity contribution is 0.199. The van der Waals surface area contributed by atoms with E-state index >= 15 is 0 Å². The first-order valence-corrected chi connectivity index (χ1v) is 8.34. The third-order valence-electron chi connectivity index (χ3n) is 2.43. The van der Waals surface area contributed by atoms with Crippen molar-refractivity contribution in [2.75, 3.05) is 20.3 Å². The van der Waals surface area contributed by atoms with Gasteiger partial charge in [0.2, 0.25) is 0 Å².